The van der Waals surface area contributed by atoms with Gasteiger partial charge in [-0.15, -0.1) is 0 Å². The molecule has 6 bridgehead atoms. The molecule has 0 unspecified atom stereocenters. The van der Waals surface area contributed by atoms with Gasteiger partial charge >= 0.3 is 5.97 Å². The maximum Gasteiger partial charge on any atom is 0.337 e. The molecular weight excluding hydrogens is 611 g/mol. The van der Waals surface area contributed by atoms with E-state index >= 15 is 4.39 Å². The molecule has 5 heterocycles. The fourth-order valence-corrected chi connectivity index (χ4v) is 6.84. The molecule has 256 valence electrons. The number of benzene rings is 2. The number of hydrogen-bond acceptors (Lipinski definition) is 7. The molecule has 1 N–H and O–H groups in total. The summed E-state index contributed by atoms with van der Waals surface area (Å²) in [5.41, 5.74) is 3.31. The van der Waals surface area contributed by atoms with E-state index < -0.39 is 17.7 Å². The van der Waals surface area contributed by atoms with Crippen molar-refractivity contribution in [2.75, 3.05) is 24.6 Å². The number of imidazole rings is 1. The van der Waals surface area contributed by atoms with E-state index in [-0.39, 0.29) is 17.5 Å². The summed E-state index contributed by atoms with van der Waals surface area (Å²) in [7, 11) is 0. The number of halogens is 1. The average Bonchev–Trinajstić information content (AvgIpc) is 3.42. The molecule has 4 aromatic rings. The number of anilines is 1. The third-order valence-corrected chi connectivity index (χ3v) is 9.32. The first-order valence-corrected chi connectivity index (χ1v) is 17.0. The molecule has 3 aliphatic rings. The fraction of sp³-hybridized carbons (Fsp3) is 0.500. The van der Waals surface area contributed by atoms with Crippen molar-refractivity contribution in [3.8, 4) is 28.1 Å². The second kappa shape index (κ2) is 13.1. The van der Waals surface area contributed by atoms with Gasteiger partial charge in [0.15, 0.2) is 6.10 Å². The third kappa shape index (κ3) is 7.05. The van der Waals surface area contributed by atoms with E-state index in [0.29, 0.717) is 65.1 Å². The minimum absolute atomic E-state index is 0.102. The third-order valence-electron chi connectivity index (χ3n) is 9.32. The Hall–Kier alpha value is -4.02. The number of nitrogens with zero attached hydrogens (tertiary/aromatic N) is 4. The van der Waals surface area contributed by atoms with Crippen LogP contribution in [0.25, 0.3) is 28.2 Å². The number of aromatic nitrogens is 3. The van der Waals surface area contributed by atoms with Gasteiger partial charge in [0, 0.05) is 31.5 Å². The fourth-order valence-electron chi connectivity index (χ4n) is 6.84. The first-order chi connectivity index (χ1) is 22.7. The molecule has 1 saturated heterocycles. The number of aliphatic carboxylic acids is 1. The minimum atomic E-state index is -1.24. The lowest BCUT2D eigenvalue weighted by atomic mass is 9.92. The minimum Gasteiger partial charge on any atom is -0.490 e. The van der Waals surface area contributed by atoms with Crippen molar-refractivity contribution >= 4 is 17.6 Å². The van der Waals surface area contributed by atoms with E-state index in [0.717, 1.165) is 43.2 Å². The van der Waals surface area contributed by atoms with E-state index in [2.05, 4.69) is 11.8 Å². The molecule has 48 heavy (non-hydrogen) atoms. The lowest BCUT2D eigenvalue weighted by Crippen LogP contribution is -2.45. The van der Waals surface area contributed by atoms with E-state index in [9.17, 15) is 9.90 Å². The number of aryl methyl sites for hydroxylation is 2. The predicted molar refractivity (Wildman–Crippen MR) is 184 cm³/mol. The van der Waals surface area contributed by atoms with Crippen LogP contribution in [0.15, 0.2) is 42.6 Å². The van der Waals surface area contributed by atoms with Crippen LogP contribution >= 0.6 is 0 Å². The van der Waals surface area contributed by atoms with Crippen molar-refractivity contribution in [2.45, 2.75) is 104 Å². The van der Waals surface area contributed by atoms with E-state index in [1.54, 1.807) is 0 Å². The summed E-state index contributed by atoms with van der Waals surface area (Å²) < 4.78 is 36.7. The summed E-state index contributed by atoms with van der Waals surface area (Å²) in [5, 5.41) is 10.5. The van der Waals surface area contributed by atoms with Crippen LogP contribution in [0.5, 0.6) is 5.75 Å². The molecule has 7 rings (SSSR count). The van der Waals surface area contributed by atoms with Gasteiger partial charge in [0.05, 0.1) is 39.8 Å². The lowest BCUT2D eigenvalue weighted by molar-refractivity contribution is -0.160. The number of fused-ring (bicyclic) bond motifs is 8. The Balaban J connectivity index is 1.55. The van der Waals surface area contributed by atoms with E-state index in [4.69, 9.17) is 24.2 Å². The Labute approximate surface area is 282 Å². The van der Waals surface area contributed by atoms with Gasteiger partial charge in [0.1, 0.15) is 17.4 Å². The molecule has 0 radical (unpaired) electrons. The van der Waals surface area contributed by atoms with Crippen molar-refractivity contribution in [1.29, 1.82) is 0 Å². The number of rotatable bonds is 3. The van der Waals surface area contributed by atoms with Crippen LogP contribution in [0.1, 0.15) is 89.6 Å². The zero-order valence-corrected chi connectivity index (χ0v) is 29.1. The van der Waals surface area contributed by atoms with Crippen molar-refractivity contribution in [2.24, 2.45) is 0 Å². The van der Waals surface area contributed by atoms with Crippen LogP contribution in [0, 0.1) is 19.7 Å². The second-order valence-corrected chi connectivity index (χ2v) is 14.6. The van der Waals surface area contributed by atoms with Crippen molar-refractivity contribution in [1.82, 2.24) is 14.4 Å². The zero-order valence-electron chi connectivity index (χ0n) is 29.1. The standard InChI is InChI=1S/C38H47FN4O5/c1-23-19-28(39)32-27-13-10-12-26(21-27)29-22-43-34(31(25(3)40-36(43)41-29)33(35(44)45)48-37(4,5)6)42-16-14-38(7,15-17-42)46-18-9-8-11-24(2)47-30(32)20-23/h10,12-13,19-22,24,33H,8-9,11,14-18H2,1-7H3,(H,44,45)/t24-,33-/m0/s1. The maximum atomic E-state index is 15.7. The smallest absolute Gasteiger partial charge is 0.337 e. The molecule has 2 aromatic carbocycles. The molecule has 0 amide bonds. The van der Waals surface area contributed by atoms with Crippen LogP contribution < -0.4 is 9.64 Å². The molecule has 10 heteroatoms. The molecule has 3 aliphatic heterocycles. The van der Waals surface area contributed by atoms with Gasteiger partial charge in [-0.25, -0.2) is 19.2 Å². The molecule has 2 atom stereocenters. The molecule has 0 aliphatic carbocycles. The Bertz CT molecular complexity index is 1820. The van der Waals surface area contributed by atoms with Crippen LogP contribution in [0.3, 0.4) is 0 Å². The van der Waals surface area contributed by atoms with Crippen molar-refractivity contribution in [3.63, 3.8) is 0 Å². The van der Waals surface area contributed by atoms with Gasteiger partial charge in [-0.1, -0.05) is 18.2 Å². The summed E-state index contributed by atoms with van der Waals surface area (Å²) in [6, 6.07) is 11.1. The van der Waals surface area contributed by atoms with E-state index in [1.165, 1.54) is 6.07 Å². The molecule has 9 nitrogen and oxygen atoms in total. The lowest BCUT2D eigenvalue weighted by Gasteiger charge is -2.41. The highest BCUT2D eigenvalue weighted by molar-refractivity contribution is 5.80. The summed E-state index contributed by atoms with van der Waals surface area (Å²) in [4.78, 5) is 24.8. The van der Waals surface area contributed by atoms with Crippen LogP contribution in [0.4, 0.5) is 10.2 Å². The molecule has 0 spiro atoms. The van der Waals surface area contributed by atoms with E-state index in [1.807, 2.05) is 82.5 Å². The van der Waals surface area contributed by atoms with Crippen molar-refractivity contribution < 1.29 is 28.5 Å². The summed E-state index contributed by atoms with van der Waals surface area (Å²) in [6.07, 6.45) is 4.73. The Morgan fingerprint density at radius 3 is 2.54 bits per heavy atom. The highest BCUT2D eigenvalue weighted by atomic mass is 19.1. The summed E-state index contributed by atoms with van der Waals surface area (Å²) >= 11 is 0. The van der Waals surface area contributed by atoms with Gasteiger partial charge < -0.3 is 24.2 Å². The largest absolute Gasteiger partial charge is 0.490 e. The normalized spacial score (nSPS) is 21.2. The summed E-state index contributed by atoms with van der Waals surface area (Å²) in [6.45, 7) is 15.4. The molecule has 1 fully saturated rings. The SMILES string of the molecule is Cc1cc(F)c2c(c1)O[C@@H](C)CCCCOC1(C)CCN(CC1)c1c([C@H](OC(C)(C)C)C(=O)O)c(C)nc3nc(cn13)-c1cccc-2c1. The number of carboxylic acids is 1. The van der Waals surface area contributed by atoms with Crippen LogP contribution in [-0.2, 0) is 14.3 Å². The van der Waals surface area contributed by atoms with Gasteiger partial charge in [0.25, 0.3) is 0 Å². The first-order valence-electron chi connectivity index (χ1n) is 17.0. The highest BCUT2D eigenvalue weighted by Gasteiger charge is 2.37. The number of piperidine rings is 1. The van der Waals surface area contributed by atoms with Crippen LogP contribution in [-0.4, -0.2) is 62.4 Å². The Morgan fingerprint density at radius 2 is 1.83 bits per heavy atom. The highest BCUT2D eigenvalue weighted by Crippen LogP contribution is 2.40. The summed E-state index contributed by atoms with van der Waals surface area (Å²) in [5.74, 6) is 0.233. The van der Waals surface area contributed by atoms with Gasteiger partial charge in [0.2, 0.25) is 5.78 Å². The first kappa shape index (κ1) is 33.9. The number of hydrogen-bond donors (Lipinski definition) is 1. The maximum absolute atomic E-state index is 15.7. The predicted octanol–water partition coefficient (Wildman–Crippen LogP) is 8.09. The topological polar surface area (TPSA) is 98.4 Å². The van der Waals surface area contributed by atoms with Gasteiger partial charge in [-0.05, 0) is 110 Å². The Morgan fingerprint density at radius 1 is 1.10 bits per heavy atom. The molecular formula is C38H47FN4O5. The number of ether oxygens (including phenoxy) is 3. The van der Waals surface area contributed by atoms with Crippen LogP contribution in [0.2, 0.25) is 0 Å². The van der Waals surface area contributed by atoms with Gasteiger partial charge in [-0.2, -0.15) is 0 Å². The average molecular weight is 659 g/mol. The van der Waals surface area contributed by atoms with Crippen molar-refractivity contribution in [3.05, 3.63) is 65.2 Å². The molecule has 2 aromatic heterocycles. The number of carbonyl (C=O) groups is 1. The van der Waals surface area contributed by atoms with Gasteiger partial charge in [-0.3, -0.25) is 4.40 Å². The molecule has 0 saturated carbocycles. The quantitative estimate of drug-likeness (QED) is 0.236. The second-order valence-electron chi connectivity index (χ2n) is 14.6. The number of carboxylic acid groups (broad SMARTS) is 1. The Kier molecular flexibility index (Phi) is 9.26. The zero-order chi connectivity index (χ0) is 34.4. The monoisotopic (exact) mass is 658 g/mol.